The first-order valence-electron chi connectivity index (χ1n) is 4.63. The van der Waals surface area contributed by atoms with Crippen molar-refractivity contribution in [2.24, 2.45) is 0 Å². The first-order chi connectivity index (χ1) is 6.23. The predicted molar refractivity (Wildman–Crippen MR) is 58.3 cm³/mol. The summed E-state index contributed by atoms with van der Waals surface area (Å²) in [6.45, 7) is 3.88. The average Bonchev–Trinajstić information content (AvgIpc) is 2.03. The molecule has 14 heavy (non-hydrogen) atoms. The van der Waals surface area contributed by atoms with E-state index in [4.69, 9.17) is 4.74 Å². The normalized spacial score (nSPS) is 15.5. The smallest absolute Gasteiger partial charge is 0.147 e. The maximum absolute atomic E-state index is 11.0. The van der Waals surface area contributed by atoms with Gasteiger partial charge in [0, 0.05) is 19.4 Å². The van der Waals surface area contributed by atoms with E-state index in [2.05, 4.69) is 5.32 Å². The Morgan fingerprint density at radius 1 is 1.43 bits per heavy atom. The van der Waals surface area contributed by atoms with Crippen molar-refractivity contribution in [3.05, 3.63) is 0 Å². The van der Waals surface area contributed by atoms with E-state index >= 15 is 0 Å². The first kappa shape index (κ1) is 13.9. The van der Waals surface area contributed by atoms with Crippen LogP contribution in [-0.4, -0.2) is 46.2 Å². The fourth-order valence-electron chi connectivity index (χ4n) is 1.31. The minimum absolute atomic E-state index is 0.0437. The van der Waals surface area contributed by atoms with E-state index in [1.807, 2.05) is 20.9 Å². The van der Waals surface area contributed by atoms with E-state index in [1.165, 1.54) is 6.26 Å². The zero-order valence-electron chi connectivity index (χ0n) is 9.62. The second-order valence-corrected chi connectivity index (χ2v) is 6.33. The molecule has 1 atom stereocenters. The molecular formula is C9H21NO3S. The molecule has 0 aliphatic carbocycles. The first-order valence-corrected chi connectivity index (χ1v) is 6.69. The lowest BCUT2D eigenvalue weighted by molar-refractivity contribution is -0.00882. The van der Waals surface area contributed by atoms with Crippen LogP contribution in [0.15, 0.2) is 0 Å². The van der Waals surface area contributed by atoms with Gasteiger partial charge in [-0.15, -0.1) is 0 Å². The van der Waals surface area contributed by atoms with Crippen LogP contribution in [0, 0.1) is 0 Å². The number of methoxy groups -OCH3 is 1. The molecule has 0 aromatic rings. The van der Waals surface area contributed by atoms with Gasteiger partial charge in [0.05, 0.1) is 11.4 Å². The highest BCUT2D eigenvalue weighted by molar-refractivity contribution is 7.90. The molecule has 0 saturated heterocycles. The topological polar surface area (TPSA) is 55.4 Å². The summed E-state index contributed by atoms with van der Waals surface area (Å²) in [6.07, 6.45) is 1.82. The van der Waals surface area contributed by atoms with E-state index in [0.717, 1.165) is 0 Å². The van der Waals surface area contributed by atoms with Crippen LogP contribution in [-0.2, 0) is 14.6 Å². The molecule has 1 N–H and O–H groups in total. The van der Waals surface area contributed by atoms with Crippen LogP contribution in [0.3, 0.4) is 0 Å². The van der Waals surface area contributed by atoms with E-state index in [9.17, 15) is 8.42 Å². The fraction of sp³-hybridized carbons (Fsp3) is 1.00. The summed E-state index contributed by atoms with van der Waals surface area (Å²) in [7, 11) is 0.550. The van der Waals surface area contributed by atoms with Crippen molar-refractivity contribution in [3.63, 3.8) is 0 Å². The Morgan fingerprint density at radius 3 is 2.21 bits per heavy atom. The third-order valence-corrected chi connectivity index (χ3v) is 3.47. The number of ether oxygens (including phenoxy) is 1. The van der Waals surface area contributed by atoms with Crippen molar-refractivity contribution in [3.8, 4) is 0 Å². The Bertz CT molecular complexity index is 259. The Balaban J connectivity index is 4.31. The van der Waals surface area contributed by atoms with Crippen molar-refractivity contribution in [2.45, 2.75) is 31.9 Å². The third kappa shape index (κ3) is 4.93. The number of rotatable bonds is 6. The summed E-state index contributed by atoms with van der Waals surface area (Å²) in [5.41, 5.74) is -0.348. The van der Waals surface area contributed by atoms with Gasteiger partial charge < -0.3 is 10.1 Å². The number of sulfone groups is 1. The van der Waals surface area contributed by atoms with Crippen molar-refractivity contribution in [1.82, 2.24) is 5.32 Å². The van der Waals surface area contributed by atoms with Gasteiger partial charge in [-0.1, -0.05) is 0 Å². The van der Waals surface area contributed by atoms with Crippen LogP contribution in [0.4, 0.5) is 0 Å². The zero-order valence-corrected chi connectivity index (χ0v) is 10.4. The van der Waals surface area contributed by atoms with E-state index in [1.54, 1.807) is 7.11 Å². The molecule has 0 aromatic heterocycles. The lowest BCUT2D eigenvalue weighted by Gasteiger charge is -2.32. The molecule has 5 heteroatoms. The Morgan fingerprint density at radius 2 is 1.93 bits per heavy atom. The monoisotopic (exact) mass is 223 g/mol. The van der Waals surface area contributed by atoms with Crippen molar-refractivity contribution in [1.29, 1.82) is 0 Å². The molecular weight excluding hydrogens is 202 g/mol. The SMILES string of the molecule is CNC(CCS(C)(=O)=O)C(C)(C)OC. The average molecular weight is 223 g/mol. The lowest BCUT2D eigenvalue weighted by atomic mass is 9.96. The van der Waals surface area contributed by atoms with Crippen LogP contribution in [0.2, 0.25) is 0 Å². The fourth-order valence-corrected chi connectivity index (χ4v) is 1.98. The largest absolute Gasteiger partial charge is 0.377 e. The molecule has 0 aliphatic rings. The summed E-state index contributed by atoms with van der Waals surface area (Å²) >= 11 is 0. The Kier molecular flexibility index (Phi) is 5.05. The quantitative estimate of drug-likeness (QED) is 0.709. The second-order valence-electron chi connectivity index (χ2n) is 4.07. The number of likely N-dealkylation sites (N-methyl/N-ethyl adjacent to an activating group) is 1. The lowest BCUT2D eigenvalue weighted by Crippen LogP contribution is -2.47. The molecule has 0 bridgehead atoms. The molecule has 0 rings (SSSR count). The van der Waals surface area contributed by atoms with E-state index < -0.39 is 9.84 Å². The molecule has 0 radical (unpaired) electrons. The Labute approximate surface area is 86.9 Å². The number of nitrogens with one attached hydrogen (secondary N) is 1. The molecule has 0 aromatic carbocycles. The van der Waals surface area contributed by atoms with Crippen LogP contribution >= 0.6 is 0 Å². The zero-order chi connectivity index (χ0) is 11.4. The van der Waals surface area contributed by atoms with Gasteiger partial charge in [-0.3, -0.25) is 0 Å². The summed E-state index contributed by atoms with van der Waals surface area (Å²) in [5, 5.41) is 3.08. The van der Waals surface area contributed by atoms with Gasteiger partial charge in [-0.2, -0.15) is 0 Å². The molecule has 0 fully saturated rings. The van der Waals surface area contributed by atoms with Gasteiger partial charge in [0.25, 0.3) is 0 Å². The molecule has 86 valence electrons. The van der Waals surface area contributed by atoms with Gasteiger partial charge in [0.1, 0.15) is 9.84 Å². The number of hydrogen-bond donors (Lipinski definition) is 1. The van der Waals surface area contributed by atoms with Crippen molar-refractivity contribution >= 4 is 9.84 Å². The van der Waals surface area contributed by atoms with Gasteiger partial charge in [-0.05, 0) is 27.3 Å². The Hall–Kier alpha value is -0.130. The van der Waals surface area contributed by atoms with E-state index in [-0.39, 0.29) is 17.4 Å². The molecule has 0 amide bonds. The van der Waals surface area contributed by atoms with Crippen LogP contribution in [0.5, 0.6) is 0 Å². The van der Waals surface area contributed by atoms with Crippen LogP contribution in [0.1, 0.15) is 20.3 Å². The summed E-state index contributed by atoms with van der Waals surface area (Å²) in [4.78, 5) is 0. The molecule has 4 nitrogen and oxygen atoms in total. The molecule has 1 unspecified atom stereocenters. The van der Waals surface area contributed by atoms with Gasteiger partial charge in [-0.25, -0.2) is 8.42 Å². The highest BCUT2D eigenvalue weighted by atomic mass is 32.2. The summed E-state index contributed by atoms with van der Waals surface area (Å²) in [5.74, 6) is 0.186. The molecule has 0 heterocycles. The second kappa shape index (κ2) is 5.09. The summed E-state index contributed by atoms with van der Waals surface area (Å²) < 4.78 is 27.3. The van der Waals surface area contributed by atoms with Crippen LogP contribution < -0.4 is 5.32 Å². The van der Waals surface area contributed by atoms with Gasteiger partial charge >= 0.3 is 0 Å². The molecule has 0 saturated carbocycles. The standard InChI is InChI=1S/C9H21NO3S/c1-9(2,13-4)8(10-3)6-7-14(5,11)12/h8,10H,6-7H2,1-5H3. The maximum atomic E-state index is 11.0. The highest BCUT2D eigenvalue weighted by Crippen LogP contribution is 2.16. The van der Waals surface area contributed by atoms with Gasteiger partial charge in [0.15, 0.2) is 0 Å². The molecule has 0 spiro atoms. The van der Waals surface area contributed by atoms with Crippen molar-refractivity contribution < 1.29 is 13.2 Å². The third-order valence-electron chi connectivity index (χ3n) is 2.49. The number of hydrogen-bond acceptors (Lipinski definition) is 4. The van der Waals surface area contributed by atoms with Gasteiger partial charge in [0.2, 0.25) is 0 Å². The minimum Gasteiger partial charge on any atom is -0.377 e. The van der Waals surface area contributed by atoms with Crippen LogP contribution in [0.25, 0.3) is 0 Å². The van der Waals surface area contributed by atoms with Crippen molar-refractivity contribution in [2.75, 3.05) is 26.2 Å². The van der Waals surface area contributed by atoms with E-state index in [0.29, 0.717) is 6.42 Å². The maximum Gasteiger partial charge on any atom is 0.147 e. The molecule has 0 aliphatic heterocycles. The summed E-state index contributed by atoms with van der Waals surface area (Å²) in [6, 6.07) is 0.0437. The highest BCUT2D eigenvalue weighted by Gasteiger charge is 2.28. The predicted octanol–water partition coefficient (Wildman–Crippen LogP) is 0.434. The minimum atomic E-state index is -2.89.